The van der Waals surface area contributed by atoms with Gasteiger partial charge in [0.05, 0.1) is 6.04 Å². The quantitative estimate of drug-likeness (QED) is 0.851. The van der Waals surface area contributed by atoms with Crippen LogP contribution in [0.25, 0.3) is 0 Å². The molecule has 0 aromatic carbocycles. The normalized spacial score (nSPS) is 27.7. The van der Waals surface area contributed by atoms with Crippen molar-refractivity contribution < 1.29 is 4.79 Å². The molecule has 0 aromatic rings. The van der Waals surface area contributed by atoms with Crippen LogP contribution in [0.5, 0.6) is 0 Å². The van der Waals surface area contributed by atoms with Gasteiger partial charge in [0, 0.05) is 14.1 Å². The lowest BCUT2D eigenvalue weighted by molar-refractivity contribution is 0.0459. The zero-order valence-corrected chi connectivity index (χ0v) is 12.5. The highest BCUT2D eigenvalue weighted by molar-refractivity contribution is 6.07. The van der Waals surface area contributed by atoms with Crippen molar-refractivity contribution in [2.45, 2.75) is 58.0 Å². The highest BCUT2D eigenvalue weighted by atomic mass is 16.2. The SMILES string of the molecule is CC(C)C1C(=NC2CCCCC2)NC(=O)N1N(C)C. The van der Waals surface area contributed by atoms with Crippen molar-refractivity contribution >= 4 is 11.9 Å². The van der Waals surface area contributed by atoms with Crippen molar-refractivity contribution in [1.82, 2.24) is 15.3 Å². The molecule has 108 valence electrons. The Morgan fingerprint density at radius 1 is 1.26 bits per heavy atom. The van der Waals surface area contributed by atoms with E-state index in [0.29, 0.717) is 12.0 Å². The maximum Gasteiger partial charge on any atom is 0.338 e. The third kappa shape index (κ3) is 3.08. The van der Waals surface area contributed by atoms with Gasteiger partial charge in [-0.1, -0.05) is 33.1 Å². The van der Waals surface area contributed by atoms with Crippen molar-refractivity contribution in [1.29, 1.82) is 0 Å². The van der Waals surface area contributed by atoms with Crippen LogP contribution in [-0.2, 0) is 0 Å². The van der Waals surface area contributed by atoms with Gasteiger partial charge in [-0.2, -0.15) is 0 Å². The van der Waals surface area contributed by atoms with Crippen molar-refractivity contribution in [3.63, 3.8) is 0 Å². The lowest BCUT2D eigenvalue weighted by atomic mass is 9.95. The van der Waals surface area contributed by atoms with Gasteiger partial charge in [-0.15, -0.1) is 0 Å². The van der Waals surface area contributed by atoms with E-state index in [1.165, 1.54) is 19.3 Å². The number of carbonyl (C=O) groups excluding carboxylic acids is 1. The number of carbonyl (C=O) groups is 1. The number of aliphatic imine (C=N–C) groups is 1. The number of hydrogen-bond acceptors (Lipinski definition) is 3. The molecule has 0 spiro atoms. The first-order valence-corrected chi connectivity index (χ1v) is 7.36. The largest absolute Gasteiger partial charge is 0.338 e. The topological polar surface area (TPSA) is 47.9 Å². The van der Waals surface area contributed by atoms with Gasteiger partial charge >= 0.3 is 6.03 Å². The van der Waals surface area contributed by atoms with Gasteiger partial charge in [-0.05, 0) is 18.8 Å². The second-order valence-corrected chi connectivity index (χ2v) is 6.12. The van der Waals surface area contributed by atoms with Crippen LogP contribution in [0.15, 0.2) is 4.99 Å². The van der Waals surface area contributed by atoms with Gasteiger partial charge < -0.3 is 0 Å². The maximum atomic E-state index is 12.1. The fourth-order valence-corrected chi connectivity index (χ4v) is 3.03. The molecule has 19 heavy (non-hydrogen) atoms. The summed E-state index contributed by atoms with van der Waals surface area (Å²) in [5.74, 6) is 1.21. The van der Waals surface area contributed by atoms with E-state index in [1.54, 1.807) is 5.01 Å². The van der Waals surface area contributed by atoms with Crippen LogP contribution in [0.3, 0.4) is 0 Å². The van der Waals surface area contributed by atoms with Crippen LogP contribution >= 0.6 is 0 Å². The number of urea groups is 1. The Labute approximate surface area is 116 Å². The zero-order chi connectivity index (χ0) is 14.0. The molecule has 0 bridgehead atoms. The monoisotopic (exact) mass is 266 g/mol. The van der Waals surface area contributed by atoms with E-state index in [4.69, 9.17) is 4.99 Å². The first-order chi connectivity index (χ1) is 9.00. The lowest BCUT2D eigenvalue weighted by Crippen LogP contribution is -2.47. The van der Waals surface area contributed by atoms with E-state index in [1.807, 2.05) is 19.1 Å². The Morgan fingerprint density at radius 3 is 2.42 bits per heavy atom. The molecule has 2 fully saturated rings. The molecule has 1 unspecified atom stereocenters. The van der Waals surface area contributed by atoms with Gasteiger partial charge in [-0.25, -0.2) is 14.8 Å². The molecule has 5 heteroatoms. The highest BCUT2D eigenvalue weighted by Crippen LogP contribution is 2.24. The summed E-state index contributed by atoms with van der Waals surface area (Å²) < 4.78 is 0. The third-order valence-corrected chi connectivity index (χ3v) is 3.95. The average Bonchev–Trinajstić information content (AvgIpc) is 2.67. The summed E-state index contributed by atoms with van der Waals surface area (Å²) in [7, 11) is 3.80. The van der Waals surface area contributed by atoms with Crippen LogP contribution < -0.4 is 5.32 Å². The van der Waals surface area contributed by atoms with Crippen LogP contribution in [0.4, 0.5) is 4.79 Å². The van der Waals surface area contributed by atoms with Crippen molar-refractivity contribution in [3.05, 3.63) is 0 Å². The molecule has 2 amide bonds. The summed E-state index contributed by atoms with van der Waals surface area (Å²) in [5, 5.41) is 6.58. The number of nitrogens with zero attached hydrogens (tertiary/aromatic N) is 3. The molecule has 5 nitrogen and oxygen atoms in total. The van der Waals surface area contributed by atoms with Crippen LogP contribution in [0.1, 0.15) is 46.0 Å². The van der Waals surface area contributed by atoms with Crippen LogP contribution in [0, 0.1) is 5.92 Å². The molecule has 1 atom stereocenters. The summed E-state index contributed by atoms with van der Waals surface area (Å²) in [5.41, 5.74) is 0. The zero-order valence-electron chi connectivity index (χ0n) is 12.5. The second kappa shape index (κ2) is 5.90. The molecular formula is C14H26N4O. The second-order valence-electron chi connectivity index (χ2n) is 6.12. The van der Waals surface area contributed by atoms with Gasteiger partial charge in [0.1, 0.15) is 11.9 Å². The van der Waals surface area contributed by atoms with E-state index in [2.05, 4.69) is 19.2 Å². The molecular weight excluding hydrogens is 240 g/mol. The Balaban J connectivity index is 2.19. The Hall–Kier alpha value is -1.10. The summed E-state index contributed by atoms with van der Waals surface area (Å²) in [4.78, 5) is 16.9. The first kappa shape index (κ1) is 14.3. The fourth-order valence-electron chi connectivity index (χ4n) is 3.03. The number of rotatable bonds is 3. The maximum absolute atomic E-state index is 12.1. The Bertz CT molecular complexity index is 358. The molecule has 1 aliphatic heterocycles. The molecule has 0 radical (unpaired) electrons. The van der Waals surface area contributed by atoms with Crippen molar-refractivity contribution in [3.8, 4) is 0 Å². The Morgan fingerprint density at radius 2 is 1.89 bits per heavy atom. The highest BCUT2D eigenvalue weighted by Gasteiger charge is 2.40. The van der Waals surface area contributed by atoms with Crippen molar-refractivity contribution in [2.24, 2.45) is 10.9 Å². The third-order valence-electron chi connectivity index (χ3n) is 3.95. The number of amidine groups is 1. The predicted molar refractivity (Wildman–Crippen MR) is 77.0 cm³/mol. The molecule has 0 aromatic heterocycles. The summed E-state index contributed by atoms with van der Waals surface area (Å²) in [6, 6.07) is 0.384. The van der Waals surface area contributed by atoms with E-state index in [9.17, 15) is 4.79 Å². The molecule has 1 saturated heterocycles. The molecule has 1 N–H and O–H groups in total. The number of hydrogen-bond donors (Lipinski definition) is 1. The van der Waals surface area contributed by atoms with Crippen molar-refractivity contribution in [2.75, 3.05) is 14.1 Å². The van der Waals surface area contributed by atoms with Gasteiger partial charge in [0.25, 0.3) is 0 Å². The standard InChI is InChI=1S/C14H26N4O/c1-10(2)12-13(15-11-8-6-5-7-9-11)16-14(19)18(12)17(3)4/h10-12H,5-9H2,1-4H3,(H,15,16,19). The van der Waals surface area contributed by atoms with E-state index < -0.39 is 0 Å². The smallest absolute Gasteiger partial charge is 0.293 e. The van der Waals surface area contributed by atoms with Crippen LogP contribution in [0.2, 0.25) is 0 Å². The van der Waals surface area contributed by atoms with Crippen LogP contribution in [-0.4, -0.2) is 48.1 Å². The van der Waals surface area contributed by atoms with E-state index in [-0.39, 0.29) is 12.1 Å². The minimum atomic E-state index is -0.0572. The van der Waals surface area contributed by atoms with Gasteiger partial charge in [-0.3, -0.25) is 10.3 Å². The molecule has 1 saturated carbocycles. The summed E-state index contributed by atoms with van der Waals surface area (Å²) >= 11 is 0. The first-order valence-electron chi connectivity index (χ1n) is 7.36. The Kier molecular flexibility index (Phi) is 4.45. The number of nitrogens with one attached hydrogen (secondary N) is 1. The van der Waals surface area contributed by atoms with E-state index >= 15 is 0 Å². The number of hydrazine groups is 1. The van der Waals surface area contributed by atoms with Gasteiger partial charge in [0.2, 0.25) is 0 Å². The lowest BCUT2D eigenvalue weighted by Gasteiger charge is -2.31. The molecule has 1 heterocycles. The summed E-state index contributed by atoms with van der Waals surface area (Å²) in [6.07, 6.45) is 6.17. The fraction of sp³-hybridized carbons (Fsp3) is 0.857. The van der Waals surface area contributed by atoms with Gasteiger partial charge in [0.15, 0.2) is 0 Å². The molecule has 2 aliphatic rings. The average molecular weight is 266 g/mol. The molecule has 2 rings (SSSR count). The minimum absolute atomic E-state index is 0.0458. The minimum Gasteiger partial charge on any atom is -0.293 e. The molecule has 1 aliphatic carbocycles. The van der Waals surface area contributed by atoms with E-state index in [0.717, 1.165) is 18.7 Å². The number of amides is 2. The predicted octanol–water partition coefficient (Wildman–Crippen LogP) is 2.24. The summed E-state index contributed by atoms with van der Waals surface area (Å²) in [6.45, 7) is 4.27.